The van der Waals surface area contributed by atoms with Gasteiger partial charge >= 0.3 is 0 Å². The second kappa shape index (κ2) is 11.1. The van der Waals surface area contributed by atoms with Crippen molar-refractivity contribution in [3.63, 3.8) is 0 Å². The van der Waals surface area contributed by atoms with E-state index >= 15 is 0 Å². The molecule has 1 heterocycles. The molecule has 2 atom stereocenters. The van der Waals surface area contributed by atoms with E-state index in [1.165, 1.54) is 12.0 Å². The first-order chi connectivity index (χ1) is 17.3. The predicted molar refractivity (Wildman–Crippen MR) is 146 cm³/mol. The predicted octanol–water partition coefficient (Wildman–Crippen LogP) is 6.24. The molecule has 0 aliphatic carbocycles. The van der Waals surface area contributed by atoms with Gasteiger partial charge in [0.05, 0.1) is 24.2 Å². The zero-order chi connectivity index (χ0) is 25.8. The van der Waals surface area contributed by atoms with Crippen molar-refractivity contribution >= 4 is 52.1 Å². The lowest BCUT2D eigenvalue weighted by Gasteiger charge is -2.27. The monoisotopic (exact) mass is 523 g/mol. The Kier molecular flexibility index (Phi) is 7.97. The first-order valence-electron chi connectivity index (χ1n) is 11.7. The molecule has 0 radical (unpaired) electrons. The van der Waals surface area contributed by atoms with Gasteiger partial charge in [-0.05, 0) is 42.3 Å². The molecule has 0 fully saturated rings. The summed E-state index contributed by atoms with van der Waals surface area (Å²) in [4.78, 5) is 33.6. The molecule has 0 bridgehead atoms. The van der Waals surface area contributed by atoms with E-state index < -0.39 is 11.9 Å². The maximum Gasteiger partial charge on any atom is 0.252 e. The maximum atomic E-state index is 13.9. The number of methoxy groups -OCH3 is 1. The molecule has 2 amide bonds. The molecule has 8 heteroatoms. The lowest BCUT2D eigenvalue weighted by atomic mass is 9.98. The van der Waals surface area contributed by atoms with E-state index in [1.54, 1.807) is 36.4 Å². The van der Waals surface area contributed by atoms with Crippen LogP contribution in [0.1, 0.15) is 31.4 Å². The number of nitrogens with one attached hydrogen (secondary N) is 1. The summed E-state index contributed by atoms with van der Waals surface area (Å²) in [5.74, 6) is -0.211. The van der Waals surface area contributed by atoms with Crippen molar-refractivity contribution in [2.75, 3.05) is 23.9 Å². The highest BCUT2D eigenvalue weighted by Gasteiger charge is 2.35. The van der Waals surface area contributed by atoms with Gasteiger partial charge in [0.25, 0.3) is 5.91 Å². The molecule has 6 nitrogen and oxygen atoms in total. The molecule has 1 N–H and O–H groups in total. The minimum absolute atomic E-state index is 0.0421. The van der Waals surface area contributed by atoms with Crippen molar-refractivity contribution in [1.82, 2.24) is 0 Å². The summed E-state index contributed by atoms with van der Waals surface area (Å²) in [6, 6.07) is 19.2. The quantitative estimate of drug-likeness (QED) is 0.398. The summed E-state index contributed by atoms with van der Waals surface area (Å²) in [5, 5.41) is 3.80. The van der Waals surface area contributed by atoms with Gasteiger partial charge < -0.3 is 15.0 Å². The van der Waals surface area contributed by atoms with Crippen molar-refractivity contribution in [2.45, 2.75) is 26.3 Å². The Morgan fingerprint density at radius 3 is 2.47 bits per heavy atom. The molecule has 0 spiro atoms. The number of carbonyl (C=O) groups excluding carboxylic acids is 2. The number of carbonyl (C=O) groups is 2. The second-order valence-electron chi connectivity index (χ2n) is 8.65. The Hall–Kier alpha value is -3.35. The SMILES string of the molecule is CCC(C)C1N=C(c2ccccc2)c2cc(Cl)ccc2N(CC(=O)Nc2cc(Cl)ccc2OC)C1=O. The first kappa shape index (κ1) is 25.7. The van der Waals surface area contributed by atoms with Crippen molar-refractivity contribution in [3.05, 3.63) is 87.9 Å². The fraction of sp³-hybridized carbons (Fsp3) is 0.250. The molecule has 1 aliphatic rings. The van der Waals surface area contributed by atoms with E-state index in [2.05, 4.69) is 5.32 Å². The van der Waals surface area contributed by atoms with Crippen molar-refractivity contribution in [3.8, 4) is 5.75 Å². The van der Waals surface area contributed by atoms with E-state index in [-0.39, 0.29) is 18.4 Å². The average Bonchev–Trinajstić information content (AvgIpc) is 2.99. The van der Waals surface area contributed by atoms with Gasteiger partial charge in [0, 0.05) is 21.2 Å². The number of benzene rings is 3. The van der Waals surface area contributed by atoms with Crippen LogP contribution in [0.3, 0.4) is 0 Å². The van der Waals surface area contributed by atoms with Crippen LogP contribution in [0.15, 0.2) is 71.7 Å². The second-order valence-corrected chi connectivity index (χ2v) is 9.53. The van der Waals surface area contributed by atoms with Crippen LogP contribution in [-0.2, 0) is 9.59 Å². The molecule has 4 rings (SSSR count). The third kappa shape index (κ3) is 5.40. The highest BCUT2D eigenvalue weighted by Crippen LogP contribution is 2.33. The number of anilines is 2. The molecule has 3 aromatic carbocycles. The molecule has 0 aromatic heterocycles. The fourth-order valence-corrected chi connectivity index (χ4v) is 4.51. The van der Waals surface area contributed by atoms with Crippen LogP contribution in [0, 0.1) is 5.92 Å². The van der Waals surface area contributed by atoms with Gasteiger partial charge in [0.15, 0.2) is 0 Å². The number of hydrogen-bond acceptors (Lipinski definition) is 4. The Morgan fingerprint density at radius 2 is 1.78 bits per heavy atom. The van der Waals surface area contributed by atoms with E-state index in [1.807, 2.05) is 44.2 Å². The molecule has 0 saturated carbocycles. The Bertz CT molecular complexity index is 1310. The molecule has 2 unspecified atom stereocenters. The maximum absolute atomic E-state index is 13.9. The van der Waals surface area contributed by atoms with Gasteiger partial charge in [-0.2, -0.15) is 0 Å². The van der Waals surface area contributed by atoms with Crippen LogP contribution in [0.2, 0.25) is 10.0 Å². The van der Waals surface area contributed by atoms with Gasteiger partial charge in [-0.15, -0.1) is 0 Å². The van der Waals surface area contributed by atoms with Gasteiger partial charge in [-0.1, -0.05) is 73.8 Å². The number of halogens is 2. The average molecular weight is 524 g/mol. The molecular formula is C28H27Cl2N3O3. The summed E-state index contributed by atoms with van der Waals surface area (Å²) < 4.78 is 5.34. The Labute approximate surface area is 220 Å². The van der Waals surface area contributed by atoms with Crippen molar-refractivity contribution < 1.29 is 14.3 Å². The number of rotatable bonds is 7. The van der Waals surface area contributed by atoms with Gasteiger partial charge in [-0.3, -0.25) is 14.6 Å². The number of ether oxygens (including phenoxy) is 1. The van der Waals surface area contributed by atoms with Gasteiger partial charge in [0.1, 0.15) is 18.3 Å². The Balaban J connectivity index is 1.78. The lowest BCUT2D eigenvalue weighted by Crippen LogP contribution is -2.44. The van der Waals surface area contributed by atoms with Crippen LogP contribution in [-0.4, -0.2) is 37.2 Å². The molecule has 3 aromatic rings. The van der Waals surface area contributed by atoms with Crippen molar-refractivity contribution in [2.24, 2.45) is 10.9 Å². The first-order valence-corrected chi connectivity index (χ1v) is 12.5. The normalized spacial score (nSPS) is 16.0. The fourth-order valence-electron chi connectivity index (χ4n) is 4.17. The van der Waals surface area contributed by atoms with Gasteiger partial charge in [-0.25, -0.2) is 0 Å². The standard InChI is InChI=1S/C28H27Cl2N3O3/c1-4-17(2)26-28(35)33(16-25(34)31-22-15-20(30)11-13-24(22)36-3)23-12-10-19(29)14-21(23)27(32-26)18-8-6-5-7-9-18/h5-15,17,26H,4,16H2,1-3H3,(H,31,34). The third-order valence-electron chi connectivity index (χ3n) is 6.26. The molecule has 36 heavy (non-hydrogen) atoms. The van der Waals surface area contributed by atoms with E-state index in [4.69, 9.17) is 32.9 Å². The lowest BCUT2D eigenvalue weighted by molar-refractivity contribution is -0.123. The summed E-state index contributed by atoms with van der Waals surface area (Å²) in [7, 11) is 1.51. The van der Waals surface area contributed by atoms with E-state index in [0.717, 1.165) is 12.0 Å². The highest BCUT2D eigenvalue weighted by atomic mass is 35.5. The topological polar surface area (TPSA) is 71.0 Å². The molecule has 1 aliphatic heterocycles. The number of amides is 2. The number of hydrogen-bond donors (Lipinski definition) is 1. The van der Waals surface area contributed by atoms with Crippen LogP contribution in [0.4, 0.5) is 11.4 Å². The highest BCUT2D eigenvalue weighted by molar-refractivity contribution is 6.32. The number of nitrogens with zero attached hydrogens (tertiary/aromatic N) is 2. The molecule has 186 valence electrons. The zero-order valence-electron chi connectivity index (χ0n) is 20.3. The largest absolute Gasteiger partial charge is 0.495 e. The van der Waals surface area contributed by atoms with Crippen LogP contribution >= 0.6 is 23.2 Å². The van der Waals surface area contributed by atoms with E-state index in [0.29, 0.717) is 38.4 Å². The van der Waals surface area contributed by atoms with E-state index in [9.17, 15) is 9.59 Å². The third-order valence-corrected chi connectivity index (χ3v) is 6.73. The zero-order valence-corrected chi connectivity index (χ0v) is 21.8. The van der Waals surface area contributed by atoms with Gasteiger partial charge in [0.2, 0.25) is 5.91 Å². The summed E-state index contributed by atoms with van der Waals surface area (Å²) in [5.41, 5.74) is 3.24. The number of fused-ring (bicyclic) bond motifs is 1. The molecule has 0 saturated heterocycles. The minimum atomic E-state index is -0.662. The minimum Gasteiger partial charge on any atom is -0.495 e. The summed E-state index contributed by atoms with van der Waals surface area (Å²) >= 11 is 12.5. The molecular weight excluding hydrogens is 497 g/mol. The Morgan fingerprint density at radius 1 is 1.08 bits per heavy atom. The van der Waals surface area contributed by atoms with Crippen LogP contribution in [0.25, 0.3) is 0 Å². The summed E-state index contributed by atoms with van der Waals surface area (Å²) in [6.07, 6.45) is 0.749. The van der Waals surface area contributed by atoms with Crippen LogP contribution in [0.5, 0.6) is 5.75 Å². The summed E-state index contributed by atoms with van der Waals surface area (Å²) in [6.45, 7) is 3.80. The number of benzodiazepines with no additional fused rings is 1. The van der Waals surface area contributed by atoms with Crippen LogP contribution < -0.4 is 15.0 Å². The smallest absolute Gasteiger partial charge is 0.252 e. The number of aliphatic imine (C=N–C) groups is 1. The van der Waals surface area contributed by atoms with Crippen molar-refractivity contribution in [1.29, 1.82) is 0 Å².